The van der Waals surface area contributed by atoms with Gasteiger partial charge >= 0.3 is 0 Å². The number of carbonyl (C=O) groups is 1. The lowest BCUT2D eigenvalue weighted by Crippen LogP contribution is -2.26. The fraction of sp³-hybridized carbons (Fsp3) is 0.214. The van der Waals surface area contributed by atoms with Gasteiger partial charge in [0.2, 0.25) is 0 Å². The van der Waals surface area contributed by atoms with E-state index in [1.54, 1.807) is 18.4 Å². The molecule has 0 atom stereocenters. The van der Waals surface area contributed by atoms with Crippen molar-refractivity contribution in [2.45, 2.75) is 11.4 Å². The number of carbonyl (C=O) groups excluding carboxylic acids is 1. The molecular weight excluding hydrogens is 308 g/mol. The summed E-state index contributed by atoms with van der Waals surface area (Å²) >= 11 is 1.56. The summed E-state index contributed by atoms with van der Waals surface area (Å²) in [5.74, 6) is -0.263. The van der Waals surface area contributed by atoms with Gasteiger partial charge in [-0.05, 0) is 29.6 Å². The summed E-state index contributed by atoms with van der Waals surface area (Å²) in [7, 11) is -1.73. The Kier molecular flexibility index (Phi) is 4.34. The van der Waals surface area contributed by atoms with Gasteiger partial charge in [-0.3, -0.25) is 4.79 Å². The van der Waals surface area contributed by atoms with E-state index in [-0.39, 0.29) is 22.1 Å². The highest BCUT2D eigenvalue weighted by molar-refractivity contribution is 7.90. The first-order valence-corrected chi connectivity index (χ1v) is 8.93. The number of nitrogens with zero attached hydrogens (tertiary/aromatic N) is 1. The highest BCUT2D eigenvalue weighted by atomic mass is 32.2. The van der Waals surface area contributed by atoms with E-state index >= 15 is 0 Å². The van der Waals surface area contributed by atoms with E-state index in [0.717, 1.165) is 11.1 Å². The quantitative estimate of drug-likeness (QED) is 0.872. The summed E-state index contributed by atoms with van der Waals surface area (Å²) in [6, 6.07) is 8.06. The second kappa shape index (κ2) is 5.87. The molecule has 0 fully saturated rings. The zero-order valence-electron chi connectivity index (χ0n) is 11.7. The van der Waals surface area contributed by atoms with Gasteiger partial charge in [-0.25, -0.2) is 8.42 Å². The van der Waals surface area contributed by atoms with E-state index < -0.39 is 9.84 Å². The average Bonchev–Trinajstić information content (AvgIpc) is 2.88. The lowest BCUT2D eigenvalue weighted by Gasteiger charge is -2.17. The van der Waals surface area contributed by atoms with Crippen LogP contribution in [0.5, 0.6) is 0 Å². The number of nitrogens with two attached hydrogens (primary N) is 1. The maximum Gasteiger partial charge on any atom is 0.254 e. The van der Waals surface area contributed by atoms with Crippen LogP contribution < -0.4 is 5.73 Å². The number of rotatable bonds is 4. The second-order valence-corrected chi connectivity index (χ2v) is 7.85. The number of nitrogen functional groups attached to an aromatic ring is 1. The number of thiophene rings is 1. The fourth-order valence-electron chi connectivity index (χ4n) is 1.89. The topological polar surface area (TPSA) is 80.5 Å². The molecule has 0 saturated carbocycles. The molecule has 112 valence electrons. The van der Waals surface area contributed by atoms with Crippen molar-refractivity contribution in [3.63, 3.8) is 0 Å². The molecule has 0 aliphatic heterocycles. The van der Waals surface area contributed by atoms with Gasteiger partial charge in [-0.2, -0.15) is 0 Å². The van der Waals surface area contributed by atoms with Gasteiger partial charge < -0.3 is 10.6 Å². The molecule has 0 saturated heterocycles. The van der Waals surface area contributed by atoms with Crippen LogP contribution in [-0.2, 0) is 16.4 Å². The van der Waals surface area contributed by atoms with Crippen molar-refractivity contribution in [3.8, 4) is 0 Å². The summed E-state index contributed by atoms with van der Waals surface area (Å²) < 4.78 is 23.2. The predicted molar refractivity (Wildman–Crippen MR) is 84.1 cm³/mol. The largest absolute Gasteiger partial charge is 0.399 e. The minimum Gasteiger partial charge on any atom is -0.399 e. The van der Waals surface area contributed by atoms with Crippen molar-refractivity contribution in [1.29, 1.82) is 0 Å². The number of anilines is 1. The molecule has 0 aliphatic rings. The summed E-state index contributed by atoms with van der Waals surface area (Å²) in [5.41, 5.74) is 6.22. The SMILES string of the molecule is CN(Cc1cccs1)C(=O)c1cc(N)cc(S(C)(=O)=O)c1. The predicted octanol–water partition coefficient (Wildman–Crippen LogP) is 2.01. The third kappa shape index (κ3) is 3.83. The third-order valence-corrected chi connectivity index (χ3v) is 4.88. The first kappa shape index (κ1) is 15.5. The highest BCUT2D eigenvalue weighted by Crippen LogP contribution is 2.19. The maximum absolute atomic E-state index is 12.4. The molecule has 1 aromatic carbocycles. The van der Waals surface area contributed by atoms with Crippen LogP contribution in [0, 0.1) is 0 Å². The number of amides is 1. The number of hydrogen-bond acceptors (Lipinski definition) is 5. The Labute approximate surface area is 127 Å². The molecular formula is C14H16N2O3S2. The molecule has 0 unspecified atom stereocenters. The van der Waals surface area contributed by atoms with Crippen molar-refractivity contribution in [3.05, 3.63) is 46.2 Å². The lowest BCUT2D eigenvalue weighted by molar-refractivity contribution is 0.0786. The number of benzene rings is 1. The molecule has 0 radical (unpaired) electrons. The molecule has 0 spiro atoms. The Morgan fingerprint density at radius 3 is 2.62 bits per heavy atom. The number of sulfone groups is 1. The Hall–Kier alpha value is -1.86. The highest BCUT2D eigenvalue weighted by Gasteiger charge is 2.17. The summed E-state index contributed by atoms with van der Waals surface area (Å²) in [6.07, 6.45) is 1.09. The molecule has 1 amide bonds. The molecule has 5 nitrogen and oxygen atoms in total. The minimum absolute atomic E-state index is 0.0513. The van der Waals surface area contributed by atoms with Gasteiger partial charge in [0.15, 0.2) is 9.84 Å². The van der Waals surface area contributed by atoms with Gasteiger partial charge in [0.25, 0.3) is 5.91 Å². The molecule has 2 N–H and O–H groups in total. The van der Waals surface area contributed by atoms with Crippen LogP contribution in [0.2, 0.25) is 0 Å². The van der Waals surface area contributed by atoms with Gasteiger partial charge in [0.05, 0.1) is 11.4 Å². The van der Waals surface area contributed by atoms with Gasteiger partial charge in [-0.1, -0.05) is 6.07 Å². The summed E-state index contributed by atoms with van der Waals surface area (Å²) in [4.78, 5) is 15.0. The molecule has 1 aromatic heterocycles. The maximum atomic E-state index is 12.4. The van der Waals surface area contributed by atoms with Gasteiger partial charge in [0.1, 0.15) is 0 Å². The molecule has 0 aliphatic carbocycles. The Bertz CT molecular complexity index is 753. The Balaban J connectivity index is 2.28. The lowest BCUT2D eigenvalue weighted by atomic mass is 10.2. The normalized spacial score (nSPS) is 11.3. The van der Waals surface area contributed by atoms with Crippen LogP contribution >= 0.6 is 11.3 Å². The smallest absolute Gasteiger partial charge is 0.254 e. The standard InChI is InChI=1S/C14H16N2O3S2/c1-16(9-12-4-3-5-20-12)14(17)10-6-11(15)8-13(7-10)21(2,18)19/h3-8H,9,15H2,1-2H3. The third-order valence-electron chi connectivity index (χ3n) is 2.92. The zero-order valence-corrected chi connectivity index (χ0v) is 13.4. The van der Waals surface area contributed by atoms with Crippen molar-refractivity contribution >= 4 is 32.8 Å². The number of hydrogen-bond donors (Lipinski definition) is 1. The van der Waals surface area contributed by atoms with Gasteiger partial charge in [0, 0.05) is 29.4 Å². The van der Waals surface area contributed by atoms with E-state index in [9.17, 15) is 13.2 Å². The Morgan fingerprint density at radius 1 is 1.33 bits per heavy atom. The van der Waals surface area contributed by atoms with Crippen molar-refractivity contribution < 1.29 is 13.2 Å². The molecule has 1 heterocycles. The average molecular weight is 324 g/mol. The van der Waals surface area contributed by atoms with Crippen LogP contribution in [0.25, 0.3) is 0 Å². The molecule has 2 rings (SSSR count). The second-order valence-electron chi connectivity index (χ2n) is 4.80. The first-order valence-electron chi connectivity index (χ1n) is 6.16. The monoisotopic (exact) mass is 324 g/mol. The van der Waals surface area contributed by atoms with Crippen LogP contribution in [0.3, 0.4) is 0 Å². The molecule has 2 aromatic rings. The van der Waals surface area contributed by atoms with Gasteiger partial charge in [-0.15, -0.1) is 11.3 Å². The Morgan fingerprint density at radius 2 is 2.05 bits per heavy atom. The van der Waals surface area contributed by atoms with E-state index in [1.165, 1.54) is 23.1 Å². The minimum atomic E-state index is -3.41. The van der Waals surface area contributed by atoms with Crippen LogP contribution in [0.1, 0.15) is 15.2 Å². The van der Waals surface area contributed by atoms with E-state index in [4.69, 9.17) is 5.73 Å². The van der Waals surface area contributed by atoms with Crippen LogP contribution in [-0.4, -0.2) is 32.5 Å². The molecule has 21 heavy (non-hydrogen) atoms. The summed E-state index contributed by atoms with van der Waals surface area (Å²) in [6.45, 7) is 0.472. The van der Waals surface area contributed by atoms with E-state index in [2.05, 4.69) is 0 Å². The zero-order chi connectivity index (χ0) is 15.6. The van der Waals surface area contributed by atoms with Crippen LogP contribution in [0.15, 0.2) is 40.6 Å². The molecule has 7 heteroatoms. The van der Waals surface area contributed by atoms with Crippen molar-refractivity contribution in [1.82, 2.24) is 4.90 Å². The van der Waals surface area contributed by atoms with Crippen molar-refractivity contribution in [2.24, 2.45) is 0 Å². The van der Waals surface area contributed by atoms with E-state index in [0.29, 0.717) is 6.54 Å². The first-order chi connectivity index (χ1) is 9.77. The fourth-order valence-corrected chi connectivity index (χ4v) is 3.34. The van der Waals surface area contributed by atoms with E-state index in [1.807, 2.05) is 17.5 Å². The van der Waals surface area contributed by atoms with Crippen molar-refractivity contribution in [2.75, 3.05) is 19.0 Å². The summed E-state index contributed by atoms with van der Waals surface area (Å²) in [5, 5.41) is 1.94. The molecule has 0 bridgehead atoms. The van der Waals surface area contributed by atoms with Crippen LogP contribution in [0.4, 0.5) is 5.69 Å².